The van der Waals surface area contributed by atoms with Crippen LogP contribution in [0.25, 0.3) is 0 Å². The van der Waals surface area contributed by atoms with E-state index in [2.05, 4.69) is 10.6 Å². The Bertz CT molecular complexity index is 734. The average molecular weight is 409 g/mol. The molecule has 160 valence electrons. The van der Waals surface area contributed by atoms with Crippen molar-refractivity contribution in [3.05, 3.63) is 29.8 Å². The molecule has 29 heavy (non-hydrogen) atoms. The number of rotatable bonds is 11. The predicted octanol–water partition coefficient (Wildman–Crippen LogP) is -0.163. The van der Waals surface area contributed by atoms with Gasteiger partial charge in [-0.2, -0.15) is 0 Å². The maximum atomic E-state index is 12.7. The Morgan fingerprint density at radius 1 is 0.966 bits per heavy atom. The van der Waals surface area contributed by atoms with Gasteiger partial charge in [0, 0.05) is 6.42 Å². The van der Waals surface area contributed by atoms with Crippen molar-refractivity contribution in [1.29, 1.82) is 0 Å². The Labute approximate surface area is 168 Å². The van der Waals surface area contributed by atoms with Crippen molar-refractivity contribution < 1.29 is 34.5 Å². The number of hydrogen-bond acceptors (Lipinski definition) is 6. The number of phenols is 1. The molecule has 10 heteroatoms. The van der Waals surface area contributed by atoms with E-state index in [0.717, 1.165) is 0 Å². The van der Waals surface area contributed by atoms with Crippen LogP contribution in [0, 0.1) is 5.92 Å². The summed E-state index contributed by atoms with van der Waals surface area (Å²) in [6.45, 7) is 3.62. The topological polar surface area (TPSA) is 179 Å². The van der Waals surface area contributed by atoms with Crippen molar-refractivity contribution >= 4 is 23.8 Å². The standard InChI is InChI=1S/C19H27N3O7/c1-10(2)7-15(19(28)29)22-18(27)14(8-11-3-5-12(23)6-4-11)21-17(26)13(20)9-16(24)25/h3-6,10,13-15,23H,7-9,20H2,1-2H3,(H,21,26)(H,22,27)(H,24,25)(H,28,29)/t13-,14-,15-/m0/s1. The maximum Gasteiger partial charge on any atom is 0.326 e. The molecule has 0 heterocycles. The molecule has 1 aromatic carbocycles. The Balaban J connectivity index is 2.99. The van der Waals surface area contributed by atoms with Gasteiger partial charge in [-0.05, 0) is 30.0 Å². The molecule has 0 saturated carbocycles. The Morgan fingerprint density at radius 3 is 2.00 bits per heavy atom. The van der Waals surface area contributed by atoms with Crippen LogP contribution in [0.15, 0.2) is 24.3 Å². The van der Waals surface area contributed by atoms with Gasteiger partial charge in [-0.3, -0.25) is 14.4 Å². The van der Waals surface area contributed by atoms with Gasteiger partial charge < -0.3 is 31.7 Å². The number of carbonyl (C=O) groups is 4. The monoisotopic (exact) mass is 409 g/mol. The zero-order valence-electron chi connectivity index (χ0n) is 16.3. The lowest BCUT2D eigenvalue weighted by Crippen LogP contribution is -2.55. The zero-order valence-corrected chi connectivity index (χ0v) is 16.3. The fourth-order valence-corrected chi connectivity index (χ4v) is 2.60. The van der Waals surface area contributed by atoms with Crippen LogP contribution in [0.2, 0.25) is 0 Å². The van der Waals surface area contributed by atoms with Gasteiger partial charge in [-0.15, -0.1) is 0 Å². The minimum absolute atomic E-state index is 0.00512. The van der Waals surface area contributed by atoms with Gasteiger partial charge in [0.1, 0.15) is 17.8 Å². The van der Waals surface area contributed by atoms with Gasteiger partial charge >= 0.3 is 11.9 Å². The van der Waals surface area contributed by atoms with E-state index >= 15 is 0 Å². The fraction of sp³-hybridized carbons (Fsp3) is 0.474. The van der Waals surface area contributed by atoms with Crippen molar-refractivity contribution in [2.24, 2.45) is 11.7 Å². The first-order valence-corrected chi connectivity index (χ1v) is 9.08. The Morgan fingerprint density at radius 2 is 1.52 bits per heavy atom. The SMILES string of the molecule is CC(C)C[C@H](NC(=O)[C@H](Cc1ccc(O)cc1)NC(=O)[C@@H](N)CC(=O)O)C(=O)O. The lowest BCUT2D eigenvalue weighted by atomic mass is 10.0. The van der Waals surface area contributed by atoms with E-state index in [1.165, 1.54) is 12.1 Å². The van der Waals surface area contributed by atoms with Crippen LogP contribution >= 0.6 is 0 Å². The van der Waals surface area contributed by atoms with Crippen LogP contribution < -0.4 is 16.4 Å². The second-order valence-corrected chi connectivity index (χ2v) is 7.17. The first-order chi connectivity index (χ1) is 13.5. The molecule has 0 aliphatic heterocycles. The zero-order chi connectivity index (χ0) is 22.1. The largest absolute Gasteiger partial charge is 0.508 e. The molecule has 10 nitrogen and oxygen atoms in total. The molecule has 0 spiro atoms. The van der Waals surface area contributed by atoms with Crippen molar-refractivity contribution in [1.82, 2.24) is 10.6 Å². The Hall–Kier alpha value is -3.14. The lowest BCUT2D eigenvalue weighted by molar-refractivity contribution is -0.143. The Kier molecular flexibility index (Phi) is 9.07. The van der Waals surface area contributed by atoms with Crippen molar-refractivity contribution in [2.75, 3.05) is 0 Å². The number of carbonyl (C=O) groups excluding carboxylic acids is 2. The number of nitrogens with one attached hydrogen (secondary N) is 2. The first-order valence-electron chi connectivity index (χ1n) is 9.08. The molecule has 0 aliphatic rings. The summed E-state index contributed by atoms with van der Waals surface area (Å²) in [6, 6.07) is 2.20. The third kappa shape index (κ3) is 8.60. The van der Waals surface area contributed by atoms with Crippen LogP contribution in [-0.4, -0.2) is 57.2 Å². The molecule has 0 unspecified atom stereocenters. The minimum atomic E-state index is -1.37. The number of carboxylic acids is 2. The summed E-state index contributed by atoms with van der Waals surface area (Å²) in [7, 11) is 0. The van der Waals surface area contributed by atoms with Gasteiger partial charge in [0.2, 0.25) is 11.8 Å². The molecule has 2 amide bonds. The van der Waals surface area contributed by atoms with Crippen LogP contribution in [0.5, 0.6) is 5.75 Å². The summed E-state index contributed by atoms with van der Waals surface area (Å²) in [6.07, 6.45) is -0.435. The van der Waals surface area contributed by atoms with Gasteiger partial charge in [0.25, 0.3) is 0 Å². The number of nitrogens with two attached hydrogens (primary N) is 1. The number of benzene rings is 1. The van der Waals surface area contributed by atoms with E-state index in [1.54, 1.807) is 12.1 Å². The molecular formula is C19H27N3O7. The summed E-state index contributed by atoms with van der Waals surface area (Å²) in [4.78, 5) is 47.1. The maximum absolute atomic E-state index is 12.7. The fourth-order valence-electron chi connectivity index (χ4n) is 2.60. The molecule has 0 saturated heterocycles. The second-order valence-electron chi connectivity index (χ2n) is 7.17. The van der Waals surface area contributed by atoms with E-state index in [1.807, 2.05) is 13.8 Å². The molecule has 0 radical (unpaired) electrons. The average Bonchev–Trinajstić information content (AvgIpc) is 2.61. The van der Waals surface area contributed by atoms with Crippen molar-refractivity contribution in [3.63, 3.8) is 0 Å². The predicted molar refractivity (Wildman–Crippen MR) is 103 cm³/mol. The third-order valence-electron chi connectivity index (χ3n) is 4.06. The lowest BCUT2D eigenvalue weighted by Gasteiger charge is -2.23. The second kappa shape index (κ2) is 11.0. The quantitative estimate of drug-likeness (QED) is 0.292. The van der Waals surface area contributed by atoms with Crippen molar-refractivity contribution in [3.8, 4) is 5.75 Å². The van der Waals surface area contributed by atoms with Crippen LogP contribution in [-0.2, 0) is 25.6 Å². The summed E-state index contributed by atoms with van der Waals surface area (Å²) in [5.74, 6) is -4.03. The smallest absolute Gasteiger partial charge is 0.326 e. The van der Waals surface area contributed by atoms with E-state index in [9.17, 15) is 29.4 Å². The number of aromatic hydroxyl groups is 1. The highest BCUT2D eigenvalue weighted by molar-refractivity contribution is 5.93. The van der Waals surface area contributed by atoms with Crippen LogP contribution in [0.1, 0.15) is 32.3 Å². The summed E-state index contributed by atoms with van der Waals surface area (Å²) in [5.41, 5.74) is 6.13. The molecule has 0 aromatic heterocycles. The minimum Gasteiger partial charge on any atom is -0.508 e. The van der Waals surface area contributed by atoms with E-state index in [-0.39, 0.29) is 24.5 Å². The van der Waals surface area contributed by atoms with Gasteiger partial charge in [0.05, 0.1) is 12.5 Å². The van der Waals surface area contributed by atoms with E-state index in [4.69, 9.17) is 10.8 Å². The third-order valence-corrected chi connectivity index (χ3v) is 4.06. The normalized spacial score (nSPS) is 13.9. The molecule has 0 fully saturated rings. The van der Waals surface area contributed by atoms with Crippen LogP contribution in [0.4, 0.5) is 0 Å². The van der Waals surface area contributed by atoms with E-state index < -0.39 is 48.3 Å². The highest BCUT2D eigenvalue weighted by Gasteiger charge is 2.29. The highest BCUT2D eigenvalue weighted by atomic mass is 16.4. The number of hydrogen-bond donors (Lipinski definition) is 6. The summed E-state index contributed by atoms with van der Waals surface area (Å²) < 4.78 is 0. The van der Waals surface area contributed by atoms with Gasteiger partial charge in [-0.25, -0.2) is 4.79 Å². The summed E-state index contributed by atoms with van der Waals surface area (Å²) >= 11 is 0. The molecule has 1 rings (SSSR count). The highest BCUT2D eigenvalue weighted by Crippen LogP contribution is 2.12. The number of carboxylic acid groups (broad SMARTS) is 2. The molecular weight excluding hydrogens is 382 g/mol. The molecule has 7 N–H and O–H groups in total. The molecule has 0 bridgehead atoms. The van der Waals surface area contributed by atoms with E-state index in [0.29, 0.717) is 5.56 Å². The van der Waals surface area contributed by atoms with Crippen LogP contribution in [0.3, 0.4) is 0 Å². The number of aliphatic carboxylic acids is 2. The van der Waals surface area contributed by atoms with Gasteiger partial charge in [-0.1, -0.05) is 26.0 Å². The van der Waals surface area contributed by atoms with Crippen molar-refractivity contribution in [2.45, 2.75) is 51.2 Å². The molecule has 0 aliphatic carbocycles. The molecule has 1 aromatic rings. The number of phenolic OH excluding ortho intramolecular Hbond substituents is 1. The van der Waals surface area contributed by atoms with Gasteiger partial charge in [0.15, 0.2) is 0 Å². The first kappa shape index (κ1) is 23.9. The number of amides is 2. The molecule has 3 atom stereocenters. The summed E-state index contributed by atoms with van der Waals surface area (Å²) in [5, 5.41) is 32.3.